The van der Waals surface area contributed by atoms with Crippen molar-refractivity contribution in [2.75, 3.05) is 12.3 Å². The van der Waals surface area contributed by atoms with Crippen LogP contribution < -0.4 is 10.5 Å². The van der Waals surface area contributed by atoms with E-state index in [1.54, 1.807) is 50.2 Å². The van der Waals surface area contributed by atoms with E-state index in [0.29, 0.717) is 41.3 Å². The summed E-state index contributed by atoms with van der Waals surface area (Å²) < 4.78 is 39.7. The molecule has 2 aromatic heterocycles. The molecule has 0 saturated heterocycles. The molecule has 2 heterocycles. The number of rotatable bonds is 11. The number of nitrogens with zero attached hydrogens (tertiary/aromatic N) is 3. The summed E-state index contributed by atoms with van der Waals surface area (Å²) in [4.78, 5) is 9.58. The van der Waals surface area contributed by atoms with Gasteiger partial charge in [-0.05, 0) is 56.2 Å². The van der Waals surface area contributed by atoms with Gasteiger partial charge in [-0.15, -0.1) is 0 Å². The predicted molar refractivity (Wildman–Crippen MR) is 159 cm³/mol. The molecule has 0 amide bonds. The van der Waals surface area contributed by atoms with E-state index in [9.17, 15) is 13.5 Å². The number of imidazole rings is 1. The van der Waals surface area contributed by atoms with Crippen molar-refractivity contribution in [3.63, 3.8) is 0 Å². The molecule has 0 aliphatic carbocycles. The first-order valence-corrected chi connectivity index (χ1v) is 15.1. The Kier molecular flexibility index (Phi) is 7.99. The summed E-state index contributed by atoms with van der Waals surface area (Å²) in [5.74, 6) is 1.37. The summed E-state index contributed by atoms with van der Waals surface area (Å²) >= 11 is 0. The zero-order chi connectivity index (χ0) is 29.2. The molecule has 10 heteroatoms. The van der Waals surface area contributed by atoms with Crippen LogP contribution in [0.3, 0.4) is 0 Å². The summed E-state index contributed by atoms with van der Waals surface area (Å²) in [6, 6.07) is 21.3. The number of pyridine rings is 1. The average Bonchev–Trinajstić information content (AvgIpc) is 3.29. The van der Waals surface area contributed by atoms with Crippen molar-refractivity contribution < 1.29 is 23.0 Å². The molecular formula is C31H34N4O5S. The van der Waals surface area contributed by atoms with Crippen molar-refractivity contribution in [3.8, 4) is 5.75 Å². The van der Waals surface area contributed by atoms with Gasteiger partial charge in [0.2, 0.25) is 0 Å². The Morgan fingerprint density at radius 3 is 2.37 bits per heavy atom. The molecule has 3 aromatic carbocycles. The molecule has 0 radical (unpaired) electrons. The highest BCUT2D eigenvalue weighted by atomic mass is 32.2. The highest BCUT2D eigenvalue weighted by Crippen LogP contribution is 2.32. The van der Waals surface area contributed by atoms with Crippen molar-refractivity contribution >= 4 is 37.6 Å². The van der Waals surface area contributed by atoms with E-state index in [0.717, 1.165) is 16.5 Å². The lowest BCUT2D eigenvalue weighted by atomic mass is 10.1. The number of aromatic nitrogens is 3. The Morgan fingerprint density at radius 2 is 1.66 bits per heavy atom. The molecule has 0 bridgehead atoms. The van der Waals surface area contributed by atoms with Gasteiger partial charge < -0.3 is 24.9 Å². The van der Waals surface area contributed by atoms with Gasteiger partial charge in [-0.1, -0.05) is 42.5 Å². The largest absolute Gasteiger partial charge is 0.489 e. The SMILES string of the molecule is CCOCc1nc2c(N)nc3cc(OCc4ccccc4CS(=O)(=O)c4ccccc4)ccc3c2n1CC(C)(C)O. The van der Waals surface area contributed by atoms with Crippen LogP contribution in [0.15, 0.2) is 77.7 Å². The Bertz CT molecular complexity index is 1790. The first-order chi connectivity index (χ1) is 19.6. The zero-order valence-electron chi connectivity index (χ0n) is 23.4. The maximum absolute atomic E-state index is 13.0. The van der Waals surface area contributed by atoms with Crippen LogP contribution >= 0.6 is 0 Å². The minimum Gasteiger partial charge on any atom is -0.489 e. The second-order valence-electron chi connectivity index (χ2n) is 10.6. The van der Waals surface area contributed by atoms with Crippen LogP contribution in [-0.2, 0) is 40.1 Å². The number of fused-ring (bicyclic) bond motifs is 3. The molecule has 5 aromatic rings. The molecule has 0 spiro atoms. The van der Waals surface area contributed by atoms with Crippen LogP contribution in [0.25, 0.3) is 21.9 Å². The molecule has 41 heavy (non-hydrogen) atoms. The van der Waals surface area contributed by atoms with Crippen molar-refractivity contribution in [2.24, 2.45) is 0 Å². The van der Waals surface area contributed by atoms with Crippen LogP contribution in [-0.4, -0.2) is 40.3 Å². The van der Waals surface area contributed by atoms with E-state index in [-0.39, 0.29) is 29.7 Å². The van der Waals surface area contributed by atoms with Gasteiger partial charge >= 0.3 is 0 Å². The van der Waals surface area contributed by atoms with Gasteiger partial charge in [-0.2, -0.15) is 0 Å². The van der Waals surface area contributed by atoms with Crippen LogP contribution in [0.1, 0.15) is 37.7 Å². The van der Waals surface area contributed by atoms with Gasteiger partial charge in [-0.25, -0.2) is 18.4 Å². The number of benzene rings is 3. The zero-order valence-corrected chi connectivity index (χ0v) is 24.2. The quantitative estimate of drug-likeness (QED) is 0.225. The molecule has 214 valence electrons. The van der Waals surface area contributed by atoms with E-state index in [4.69, 9.17) is 20.2 Å². The monoisotopic (exact) mass is 574 g/mol. The van der Waals surface area contributed by atoms with Gasteiger partial charge in [0.1, 0.15) is 30.3 Å². The van der Waals surface area contributed by atoms with Crippen LogP contribution in [0, 0.1) is 0 Å². The minimum absolute atomic E-state index is 0.125. The van der Waals surface area contributed by atoms with E-state index in [1.807, 2.05) is 47.9 Å². The Labute approximate surface area is 239 Å². The maximum Gasteiger partial charge on any atom is 0.182 e. The lowest BCUT2D eigenvalue weighted by molar-refractivity contribution is 0.0582. The highest BCUT2D eigenvalue weighted by molar-refractivity contribution is 7.90. The average molecular weight is 575 g/mol. The Balaban J connectivity index is 1.45. The lowest BCUT2D eigenvalue weighted by Gasteiger charge is -2.20. The number of sulfone groups is 1. The van der Waals surface area contributed by atoms with Crippen molar-refractivity contribution in [2.45, 2.75) is 56.8 Å². The summed E-state index contributed by atoms with van der Waals surface area (Å²) in [5, 5.41) is 11.4. The van der Waals surface area contributed by atoms with Gasteiger partial charge in [0.05, 0.1) is 33.8 Å². The van der Waals surface area contributed by atoms with Gasteiger partial charge in [0.15, 0.2) is 15.7 Å². The second-order valence-corrected chi connectivity index (χ2v) is 12.6. The van der Waals surface area contributed by atoms with Crippen molar-refractivity contribution in [1.82, 2.24) is 14.5 Å². The van der Waals surface area contributed by atoms with Crippen LogP contribution in [0.5, 0.6) is 5.75 Å². The van der Waals surface area contributed by atoms with Gasteiger partial charge in [0, 0.05) is 18.1 Å². The number of ether oxygens (including phenoxy) is 2. The van der Waals surface area contributed by atoms with Crippen LogP contribution in [0.4, 0.5) is 5.82 Å². The van der Waals surface area contributed by atoms with Crippen molar-refractivity contribution in [3.05, 3.63) is 89.7 Å². The third-order valence-electron chi connectivity index (χ3n) is 6.70. The van der Waals surface area contributed by atoms with E-state index in [1.165, 1.54) is 0 Å². The van der Waals surface area contributed by atoms with Gasteiger partial charge in [-0.3, -0.25) is 0 Å². The van der Waals surface area contributed by atoms with E-state index >= 15 is 0 Å². The van der Waals surface area contributed by atoms with Crippen molar-refractivity contribution in [1.29, 1.82) is 0 Å². The smallest absolute Gasteiger partial charge is 0.182 e. The molecule has 0 fully saturated rings. The highest BCUT2D eigenvalue weighted by Gasteiger charge is 2.23. The molecule has 0 aliphatic rings. The fourth-order valence-corrected chi connectivity index (χ4v) is 6.23. The minimum atomic E-state index is -3.51. The number of hydrogen-bond donors (Lipinski definition) is 2. The Hall–Kier alpha value is -3.99. The molecular weight excluding hydrogens is 540 g/mol. The number of anilines is 1. The number of nitrogens with two attached hydrogens (primary N) is 1. The second kappa shape index (κ2) is 11.5. The topological polar surface area (TPSA) is 130 Å². The van der Waals surface area contributed by atoms with Crippen LogP contribution in [0.2, 0.25) is 0 Å². The molecule has 0 atom stereocenters. The summed E-state index contributed by atoms with van der Waals surface area (Å²) in [6.07, 6.45) is 0. The standard InChI is InChI=1S/C31H34N4O5S/c1-4-39-18-27-34-28-29(35(27)20-31(2,3)36)25-15-14-23(16-26(25)33-30(28)32)40-17-21-10-8-9-11-22(21)19-41(37,38)24-12-6-5-7-13-24/h5-16,36H,4,17-20H2,1-3H3,(H2,32,33). The normalized spacial score (nSPS) is 12.3. The molecule has 0 unspecified atom stereocenters. The van der Waals surface area contributed by atoms with E-state index < -0.39 is 15.4 Å². The third kappa shape index (κ3) is 6.35. The lowest BCUT2D eigenvalue weighted by Crippen LogP contribution is -2.27. The molecule has 3 N–H and O–H groups in total. The number of aliphatic hydroxyl groups is 1. The number of nitrogen functional groups attached to an aromatic ring is 1. The molecule has 0 saturated carbocycles. The first kappa shape index (κ1) is 28.5. The fraction of sp³-hybridized carbons (Fsp3) is 0.290. The molecule has 9 nitrogen and oxygen atoms in total. The molecule has 5 rings (SSSR count). The first-order valence-electron chi connectivity index (χ1n) is 13.4. The predicted octanol–water partition coefficient (Wildman–Crippen LogP) is 5.03. The maximum atomic E-state index is 13.0. The summed E-state index contributed by atoms with van der Waals surface area (Å²) in [7, 11) is -3.51. The number of hydrogen-bond acceptors (Lipinski definition) is 8. The van der Waals surface area contributed by atoms with E-state index in [2.05, 4.69) is 4.98 Å². The summed E-state index contributed by atoms with van der Waals surface area (Å²) in [5.41, 5.74) is 8.75. The third-order valence-corrected chi connectivity index (χ3v) is 8.38. The fourth-order valence-electron chi connectivity index (χ4n) is 4.80. The van der Waals surface area contributed by atoms with Gasteiger partial charge in [0.25, 0.3) is 0 Å². The Morgan fingerprint density at radius 1 is 0.951 bits per heavy atom. The molecule has 0 aliphatic heterocycles. The summed E-state index contributed by atoms with van der Waals surface area (Å²) in [6.45, 7) is 6.68.